The number of aryl methyl sites for hydroxylation is 1. The number of nitro groups is 1. The summed E-state index contributed by atoms with van der Waals surface area (Å²) in [5, 5.41) is 18.0. The summed E-state index contributed by atoms with van der Waals surface area (Å²) in [4.78, 5) is 39.1. The number of amides is 1. The summed E-state index contributed by atoms with van der Waals surface area (Å²) >= 11 is 12.0. The van der Waals surface area contributed by atoms with E-state index in [-0.39, 0.29) is 34.6 Å². The molecule has 0 aliphatic rings. The van der Waals surface area contributed by atoms with Gasteiger partial charge in [0.2, 0.25) is 5.69 Å². The predicted octanol–water partition coefficient (Wildman–Crippen LogP) is 3.98. The molecule has 0 spiro atoms. The Morgan fingerprint density at radius 1 is 1.21 bits per heavy atom. The molecule has 3 rings (SSSR count). The third-order valence-corrected chi connectivity index (χ3v) is 4.87. The minimum absolute atomic E-state index is 0.0201. The number of nitrogens with zero attached hydrogens (tertiary/aromatic N) is 4. The van der Waals surface area contributed by atoms with Crippen LogP contribution in [-0.4, -0.2) is 44.8 Å². The fourth-order valence-electron chi connectivity index (χ4n) is 2.62. The van der Waals surface area contributed by atoms with Crippen LogP contribution in [0, 0.1) is 17.0 Å². The van der Waals surface area contributed by atoms with Crippen molar-refractivity contribution in [3.63, 3.8) is 0 Å². The molecule has 0 atom stereocenters. The molecule has 0 fully saturated rings. The van der Waals surface area contributed by atoms with Crippen LogP contribution in [0.2, 0.25) is 10.0 Å². The second-order valence-electron chi connectivity index (χ2n) is 6.50. The topological polar surface area (TPSA) is 138 Å². The molecule has 1 amide bonds. The molecule has 1 N–H and O–H groups in total. The molecule has 0 saturated heterocycles. The summed E-state index contributed by atoms with van der Waals surface area (Å²) in [6.45, 7) is 2.90. The molecule has 2 aromatic heterocycles. The third-order valence-electron chi connectivity index (χ3n) is 4.20. The van der Waals surface area contributed by atoms with Crippen LogP contribution in [0.15, 0.2) is 36.5 Å². The SMILES string of the molecule is CCOC(=O)c1nn(-c2ccc([N+](=O)[O-])cc2)cc1OCC(=O)Nc1nc(C)c(Cl)cc1Cl. The lowest BCUT2D eigenvalue weighted by atomic mass is 10.3. The number of hydrogen-bond acceptors (Lipinski definition) is 8. The Balaban J connectivity index is 1.79. The van der Waals surface area contributed by atoms with Crippen LogP contribution < -0.4 is 10.1 Å². The molecular weight excluding hydrogens is 477 g/mol. The van der Waals surface area contributed by atoms with E-state index in [0.29, 0.717) is 16.4 Å². The van der Waals surface area contributed by atoms with E-state index in [9.17, 15) is 19.7 Å². The van der Waals surface area contributed by atoms with Gasteiger partial charge in [-0.2, -0.15) is 5.10 Å². The second kappa shape index (κ2) is 10.3. The number of esters is 1. The summed E-state index contributed by atoms with van der Waals surface area (Å²) in [6.07, 6.45) is 1.36. The van der Waals surface area contributed by atoms with Gasteiger partial charge in [-0.3, -0.25) is 14.9 Å². The lowest BCUT2D eigenvalue weighted by Gasteiger charge is -2.09. The van der Waals surface area contributed by atoms with Crippen molar-refractivity contribution in [2.45, 2.75) is 13.8 Å². The monoisotopic (exact) mass is 493 g/mol. The first-order valence-electron chi connectivity index (χ1n) is 9.46. The first kappa shape index (κ1) is 24.0. The maximum atomic E-state index is 12.3. The number of pyridine rings is 1. The fourth-order valence-corrected chi connectivity index (χ4v) is 3.03. The van der Waals surface area contributed by atoms with E-state index in [4.69, 9.17) is 32.7 Å². The molecule has 0 bridgehead atoms. The van der Waals surface area contributed by atoms with Gasteiger partial charge in [0.25, 0.3) is 11.6 Å². The molecule has 0 aliphatic heterocycles. The van der Waals surface area contributed by atoms with Crippen molar-refractivity contribution in [1.29, 1.82) is 0 Å². The van der Waals surface area contributed by atoms with Crippen molar-refractivity contribution in [3.05, 3.63) is 68.1 Å². The molecule has 172 valence electrons. The van der Waals surface area contributed by atoms with E-state index >= 15 is 0 Å². The third kappa shape index (κ3) is 5.76. The molecule has 1 aromatic carbocycles. The molecule has 11 nitrogen and oxygen atoms in total. The van der Waals surface area contributed by atoms with Gasteiger partial charge in [-0.1, -0.05) is 23.2 Å². The molecule has 33 heavy (non-hydrogen) atoms. The van der Waals surface area contributed by atoms with Crippen LogP contribution >= 0.6 is 23.2 Å². The first-order valence-corrected chi connectivity index (χ1v) is 10.2. The molecule has 0 unspecified atom stereocenters. The van der Waals surface area contributed by atoms with Crippen LogP contribution in [-0.2, 0) is 9.53 Å². The zero-order chi connectivity index (χ0) is 24.1. The Morgan fingerprint density at radius 2 is 1.91 bits per heavy atom. The van der Waals surface area contributed by atoms with Crippen molar-refractivity contribution in [3.8, 4) is 11.4 Å². The van der Waals surface area contributed by atoms with Gasteiger partial charge in [0.1, 0.15) is 0 Å². The molecule has 0 aliphatic carbocycles. The lowest BCUT2D eigenvalue weighted by molar-refractivity contribution is -0.384. The Morgan fingerprint density at radius 3 is 2.55 bits per heavy atom. The Hall–Kier alpha value is -3.70. The molecule has 13 heteroatoms. The number of rotatable bonds is 8. The first-order chi connectivity index (χ1) is 15.7. The van der Waals surface area contributed by atoms with Gasteiger partial charge in [0, 0.05) is 12.1 Å². The van der Waals surface area contributed by atoms with Gasteiger partial charge in [-0.05, 0) is 32.0 Å². The Bertz CT molecular complexity index is 1210. The number of anilines is 1. The van der Waals surface area contributed by atoms with Gasteiger partial charge >= 0.3 is 5.97 Å². The highest BCUT2D eigenvalue weighted by Gasteiger charge is 2.22. The van der Waals surface area contributed by atoms with Gasteiger partial charge in [0.05, 0.1) is 39.2 Å². The van der Waals surface area contributed by atoms with Crippen molar-refractivity contribution in [2.24, 2.45) is 0 Å². The summed E-state index contributed by atoms with van der Waals surface area (Å²) in [6, 6.07) is 6.94. The summed E-state index contributed by atoms with van der Waals surface area (Å²) < 4.78 is 11.8. The number of benzene rings is 1. The summed E-state index contributed by atoms with van der Waals surface area (Å²) in [5.41, 5.74) is 0.639. The quantitative estimate of drug-likeness (QED) is 0.282. The second-order valence-corrected chi connectivity index (χ2v) is 7.32. The maximum absolute atomic E-state index is 12.3. The van der Waals surface area contributed by atoms with Gasteiger partial charge in [-0.15, -0.1) is 0 Å². The normalized spacial score (nSPS) is 10.5. The zero-order valence-corrected chi connectivity index (χ0v) is 18.9. The number of aromatic nitrogens is 3. The average molecular weight is 494 g/mol. The number of nitro benzene ring substituents is 1. The van der Waals surface area contributed by atoms with Crippen LogP contribution in [0.4, 0.5) is 11.5 Å². The largest absolute Gasteiger partial charge is 0.480 e. The van der Waals surface area contributed by atoms with Gasteiger partial charge in [0.15, 0.2) is 18.2 Å². The number of nitrogens with one attached hydrogen (secondary N) is 1. The van der Waals surface area contributed by atoms with Gasteiger partial charge < -0.3 is 14.8 Å². The lowest BCUT2D eigenvalue weighted by Crippen LogP contribution is -2.21. The molecule has 0 radical (unpaired) electrons. The van der Waals surface area contributed by atoms with E-state index in [1.165, 1.54) is 41.2 Å². The number of hydrogen-bond donors (Lipinski definition) is 1. The number of halogens is 2. The van der Waals surface area contributed by atoms with E-state index in [0.717, 1.165) is 0 Å². The maximum Gasteiger partial charge on any atom is 0.362 e. The minimum Gasteiger partial charge on any atom is -0.480 e. The summed E-state index contributed by atoms with van der Waals surface area (Å²) in [5.74, 6) is -1.26. The average Bonchev–Trinajstić information content (AvgIpc) is 3.21. The van der Waals surface area contributed by atoms with E-state index in [1.54, 1.807) is 13.8 Å². The minimum atomic E-state index is -0.758. The molecule has 0 saturated carbocycles. The predicted molar refractivity (Wildman–Crippen MR) is 119 cm³/mol. The van der Waals surface area contributed by atoms with E-state index in [1.807, 2.05) is 0 Å². The van der Waals surface area contributed by atoms with Crippen molar-refractivity contribution in [1.82, 2.24) is 14.8 Å². The van der Waals surface area contributed by atoms with E-state index < -0.39 is 23.4 Å². The number of carbonyl (C=O) groups is 2. The standard InChI is InChI=1S/C20H17Cl2N5O6/c1-3-32-20(29)18-16(9-26(25-18)12-4-6-13(7-5-12)27(30)31)33-10-17(28)24-19-15(22)8-14(21)11(2)23-19/h4-9H,3,10H2,1-2H3,(H,23,24,28). The highest BCUT2D eigenvalue weighted by atomic mass is 35.5. The number of non-ortho nitro benzene ring substituents is 1. The highest BCUT2D eigenvalue weighted by Crippen LogP contribution is 2.26. The van der Waals surface area contributed by atoms with Crippen LogP contribution in [0.25, 0.3) is 5.69 Å². The van der Waals surface area contributed by atoms with Crippen molar-refractivity contribution >= 4 is 46.6 Å². The van der Waals surface area contributed by atoms with Crippen LogP contribution in [0.3, 0.4) is 0 Å². The van der Waals surface area contributed by atoms with Crippen LogP contribution in [0.1, 0.15) is 23.1 Å². The fraction of sp³-hybridized carbons (Fsp3) is 0.200. The Labute approximate surface area is 197 Å². The van der Waals surface area contributed by atoms with Gasteiger partial charge in [-0.25, -0.2) is 14.5 Å². The van der Waals surface area contributed by atoms with E-state index in [2.05, 4.69) is 15.4 Å². The van der Waals surface area contributed by atoms with Crippen LogP contribution in [0.5, 0.6) is 5.75 Å². The zero-order valence-electron chi connectivity index (χ0n) is 17.4. The summed E-state index contributed by atoms with van der Waals surface area (Å²) in [7, 11) is 0. The number of carbonyl (C=O) groups excluding carboxylic acids is 2. The Kier molecular flexibility index (Phi) is 7.46. The molecule has 2 heterocycles. The smallest absolute Gasteiger partial charge is 0.362 e. The molecule has 3 aromatic rings. The van der Waals surface area contributed by atoms with Crippen molar-refractivity contribution < 1.29 is 24.0 Å². The van der Waals surface area contributed by atoms with Crippen molar-refractivity contribution in [2.75, 3.05) is 18.5 Å². The highest BCUT2D eigenvalue weighted by molar-refractivity contribution is 6.36. The number of ether oxygens (including phenoxy) is 2. The molecular formula is C20H17Cl2N5O6.